The van der Waals surface area contributed by atoms with Crippen LogP contribution in [0.3, 0.4) is 0 Å². The molecule has 0 bridgehead atoms. The van der Waals surface area contributed by atoms with Crippen LogP contribution < -0.4 is 11.1 Å². The van der Waals surface area contributed by atoms with E-state index in [4.69, 9.17) is 18.0 Å². The van der Waals surface area contributed by atoms with Gasteiger partial charge >= 0.3 is 0 Å². The fourth-order valence-corrected chi connectivity index (χ4v) is 2.04. The minimum atomic E-state index is -0.585. The molecule has 0 unspecified atom stereocenters. The van der Waals surface area contributed by atoms with Crippen molar-refractivity contribution < 1.29 is 4.79 Å². The number of carbonyl (C=O) groups is 1. The lowest BCUT2D eigenvalue weighted by atomic mass is 10.1. The van der Waals surface area contributed by atoms with Gasteiger partial charge in [-0.15, -0.1) is 0 Å². The van der Waals surface area contributed by atoms with E-state index in [1.54, 1.807) is 6.20 Å². The molecule has 4 nitrogen and oxygen atoms in total. The van der Waals surface area contributed by atoms with E-state index in [1.165, 1.54) is 0 Å². The molecule has 1 saturated carbocycles. The molecule has 0 aliphatic heterocycles. The summed E-state index contributed by atoms with van der Waals surface area (Å²) in [4.78, 5) is 16.5. The Balaban J connectivity index is 1.98. The van der Waals surface area contributed by atoms with Gasteiger partial charge in [-0.3, -0.25) is 9.78 Å². The van der Waals surface area contributed by atoms with E-state index in [0.29, 0.717) is 11.5 Å². The standard InChI is InChI=1S/C12H15N3OS/c1-8-3-2-6-14-9(8)7-15-11(16)12(4-5-12)10(13)17/h2-3,6H,4-5,7H2,1H3,(H2,13,17)(H,15,16). The van der Waals surface area contributed by atoms with Crippen LogP contribution in [0.4, 0.5) is 0 Å². The molecule has 1 aromatic rings. The fourth-order valence-electron chi connectivity index (χ4n) is 1.75. The van der Waals surface area contributed by atoms with Crippen LogP contribution in [0.15, 0.2) is 18.3 Å². The Kier molecular flexibility index (Phi) is 3.11. The number of rotatable bonds is 4. The number of carbonyl (C=O) groups excluding carboxylic acids is 1. The summed E-state index contributed by atoms with van der Waals surface area (Å²) < 4.78 is 0. The van der Waals surface area contributed by atoms with Gasteiger partial charge in [0.05, 0.1) is 22.6 Å². The average molecular weight is 249 g/mol. The third kappa shape index (κ3) is 2.29. The summed E-state index contributed by atoms with van der Waals surface area (Å²) in [6.45, 7) is 2.39. The molecule has 0 spiro atoms. The summed E-state index contributed by atoms with van der Waals surface area (Å²) in [5, 5.41) is 2.85. The molecule has 1 fully saturated rings. The van der Waals surface area contributed by atoms with Crippen LogP contribution in [0.25, 0.3) is 0 Å². The Hall–Kier alpha value is -1.49. The second-order valence-corrected chi connectivity index (χ2v) is 4.84. The molecule has 1 aliphatic carbocycles. The van der Waals surface area contributed by atoms with E-state index in [-0.39, 0.29) is 5.91 Å². The molecule has 0 saturated heterocycles. The first-order chi connectivity index (χ1) is 8.06. The molecule has 90 valence electrons. The van der Waals surface area contributed by atoms with E-state index in [9.17, 15) is 4.79 Å². The lowest BCUT2D eigenvalue weighted by Crippen LogP contribution is -2.39. The summed E-state index contributed by atoms with van der Waals surface area (Å²) in [6, 6.07) is 3.84. The minimum absolute atomic E-state index is 0.0740. The van der Waals surface area contributed by atoms with Crippen molar-refractivity contribution in [2.75, 3.05) is 0 Å². The maximum atomic E-state index is 11.9. The fraction of sp³-hybridized carbons (Fsp3) is 0.417. The van der Waals surface area contributed by atoms with Gasteiger partial charge in [-0.1, -0.05) is 18.3 Å². The van der Waals surface area contributed by atoms with Crippen molar-refractivity contribution in [2.24, 2.45) is 11.1 Å². The summed E-state index contributed by atoms with van der Waals surface area (Å²) in [6.07, 6.45) is 3.24. The quantitative estimate of drug-likeness (QED) is 0.783. The summed E-state index contributed by atoms with van der Waals surface area (Å²) in [7, 11) is 0. The monoisotopic (exact) mass is 249 g/mol. The zero-order chi connectivity index (χ0) is 12.5. The Morgan fingerprint density at radius 1 is 1.65 bits per heavy atom. The van der Waals surface area contributed by atoms with Gasteiger partial charge in [-0.2, -0.15) is 0 Å². The summed E-state index contributed by atoms with van der Waals surface area (Å²) in [5.41, 5.74) is 6.94. The van der Waals surface area contributed by atoms with Gasteiger partial charge in [0.1, 0.15) is 0 Å². The molecule has 2 rings (SSSR count). The smallest absolute Gasteiger partial charge is 0.233 e. The number of hydrogen-bond acceptors (Lipinski definition) is 3. The van der Waals surface area contributed by atoms with Crippen LogP contribution in [-0.4, -0.2) is 15.9 Å². The second-order valence-electron chi connectivity index (χ2n) is 4.40. The molecule has 0 atom stereocenters. The van der Waals surface area contributed by atoms with Crippen molar-refractivity contribution in [3.8, 4) is 0 Å². The van der Waals surface area contributed by atoms with Crippen LogP contribution >= 0.6 is 12.2 Å². The molecule has 1 aromatic heterocycles. The van der Waals surface area contributed by atoms with Crippen molar-refractivity contribution in [2.45, 2.75) is 26.3 Å². The molecule has 5 heteroatoms. The maximum absolute atomic E-state index is 11.9. The van der Waals surface area contributed by atoms with Gasteiger partial charge in [-0.05, 0) is 31.4 Å². The van der Waals surface area contributed by atoms with E-state index >= 15 is 0 Å². The third-order valence-corrected chi connectivity index (χ3v) is 3.58. The van der Waals surface area contributed by atoms with Crippen LogP contribution in [0, 0.1) is 12.3 Å². The third-order valence-electron chi connectivity index (χ3n) is 3.19. The first-order valence-corrected chi connectivity index (χ1v) is 5.96. The lowest BCUT2D eigenvalue weighted by Gasteiger charge is -2.13. The number of nitrogens with two attached hydrogens (primary N) is 1. The Labute approximate surface area is 106 Å². The number of nitrogens with one attached hydrogen (secondary N) is 1. The number of pyridine rings is 1. The highest BCUT2D eigenvalue weighted by Crippen LogP contribution is 2.46. The second kappa shape index (κ2) is 4.41. The topological polar surface area (TPSA) is 68.0 Å². The summed E-state index contributed by atoms with van der Waals surface area (Å²) >= 11 is 4.93. The molecule has 0 aromatic carbocycles. The zero-order valence-corrected chi connectivity index (χ0v) is 10.5. The number of aromatic nitrogens is 1. The van der Waals surface area contributed by atoms with Crippen LogP contribution in [-0.2, 0) is 11.3 Å². The van der Waals surface area contributed by atoms with Crippen LogP contribution in [0.2, 0.25) is 0 Å². The van der Waals surface area contributed by atoms with E-state index in [2.05, 4.69) is 10.3 Å². The number of nitrogens with zero attached hydrogens (tertiary/aromatic N) is 1. The van der Waals surface area contributed by atoms with Gasteiger partial charge in [0.25, 0.3) is 0 Å². The highest BCUT2D eigenvalue weighted by Gasteiger charge is 2.52. The van der Waals surface area contributed by atoms with Gasteiger partial charge in [0.15, 0.2) is 0 Å². The van der Waals surface area contributed by atoms with Gasteiger partial charge in [-0.25, -0.2) is 0 Å². The van der Waals surface area contributed by atoms with Crippen LogP contribution in [0.1, 0.15) is 24.1 Å². The van der Waals surface area contributed by atoms with Gasteiger partial charge < -0.3 is 11.1 Å². The molecular formula is C12H15N3OS. The van der Waals surface area contributed by atoms with E-state index < -0.39 is 5.41 Å². The molecule has 0 radical (unpaired) electrons. The zero-order valence-electron chi connectivity index (χ0n) is 9.69. The van der Waals surface area contributed by atoms with E-state index in [1.807, 2.05) is 19.1 Å². The van der Waals surface area contributed by atoms with Crippen molar-refractivity contribution in [3.63, 3.8) is 0 Å². The largest absolute Gasteiger partial charge is 0.392 e. The van der Waals surface area contributed by atoms with Crippen molar-refractivity contribution in [1.82, 2.24) is 10.3 Å². The Morgan fingerprint density at radius 3 is 2.88 bits per heavy atom. The molecule has 1 amide bonds. The molecular weight excluding hydrogens is 234 g/mol. The Bertz CT molecular complexity index is 469. The lowest BCUT2D eigenvalue weighted by molar-refractivity contribution is -0.124. The minimum Gasteiger partial charge on any atom is -0.392 e. The first-order valence-electron chi connectivity index (χ1n) is 5.55. The highest BCUT2D eigenvalue weighted by molar-refractivity contribution is 7.80. The van der Waals surface area contributed by atoms with E-state index in [0.717, 1.165) is 24.1 Å². The molecule has 3 N–H and O–H groups in total. The van der Waals surface area contributed by atoms with Crippen molar-refractivity contribution in [3.05, 3.63) is 29.6 Å². The maximum Gasteiger partial charge on any atom is 0.233 e. The number of hydrogen-bond donors (Lipinski definition) is 2. The SMILES string of the molecule is Cc1cccnc1CNC(=O)C1(C(N)=S)CC1. The number of aryl methyl sites for hydroxylation is 1. The normalized spacial score (nSPS) is 16.3. The molecule has 1 aliphatic rings. The predicted molar refractivity (Wildman–Crippen MR) is 69.3 cm³/mol. The number of thiocarbonyl (C=S) groups is 1. The van der Waals surface area contributed by atoms with Gasteiger partial charge in [0.2, 0.25) is 5.91 Å². The Morgan fingerprint density at radius 2 is 2.35 bits per heavy atom. The van der Waals surface area contributed by atoms with Crippen molar-refractivity contribution in [1.29, 1.82) is 0 Å². The van der Waals surface area contributed by atoms with Crippen molar-refractivity contribution >= 4 is 23.1 Å². The highest BCUT2D eigenvalue weighted by atomic mass is 32.1. The number of amides is 1. The predicted octanol–water partition coefficient (Wildman–Crippen LogP) is 1.07. The average Bonchev–Trinajstić information content (AvgIpc) is 3.08. The van der Waals surface area contributed by atoms with Gasteiger partial charge in [0, 0.05) is 6.20 Å². The van der Waals surface area contributed by atoms with Crippen LogP contribution in [0.5, 0.6) is 0 Å². The first kappa shape index (κ1) is 12.0. The summed E-state index contributed by atoms with van der Waals surface area (Å²) in [5.74, 6) is -0.0740. The molecule has 1 heterocycles. The molecule has 17 heavy (non-hydrogen) atoms.